The summed E-state index contributed by atoms with van der Waals surface area (Å²) in [5.41, 5.74) is 1.35. The lowest BCUT2D eigenvalue weighted by molar-refractivity contribution is 0.0467. The molecule has 1 N–H and O–H groups in total. The van der Waals surface area contributed by atoms with Gasteiger partial charge in [0.05, 0.1) is 10.5 Å². The van der Waals surface area contributed by atoms with E-state index in [1.165, 1.54) is 7.05 Å². The van der Waals surface area contributed by atoms with Gasteiger partial charge >= 0.3 is 5.97 Å². The molecule has 7 heteroatoms. The molecule has 0 unspecified atom stereocenters. The van der Waals surface area contributed by atoms with Crippen molar-refractivity contribution in [3.8, 4) is 0 Å². The van der Waals surface area contributed by atoms with Gasteiger partial charge in [0.1, 0.15) is 12.4 Å². The van der Waals surface area contributed by atoms with E-state index >= 15 is 0 Å². The molecule has 2 aromatic rings. The molecule has 0 saturated heterocycles. The van der Waals surface area contributed by atoms with Gasteiger partial charge in [0.15, 0.2) is 0 Å². The van der Waals surface area contributed by atoms with Gasteiger partial charge in [0.2, 0.25) is 10.0 Å². The summed E-state index contributed by atoms with van der Waals surface area (Å²) in [6.07, 6.45) is 0. The topological polar surface area (TPSA) is 72.5 Å². The van der Waals surface area contributed by atoms with Crippen molar-refractivity contribution in [1.29, 1.82) is 0 Å². The van der Waals surface area contributed by atoms with Crippen LogP contribution in [0.4, 0.5) is 4.39 Å². The second-order valence-electron chi connectivity index (χ2n) is 4.91. The number of esters is 1. The van der Waals surface area contributed by atoms with Crippen LogP contribution in [0.25, 0.3) is 0 Å². The van der Waals surface area contributed by atoms with Crippen molar-refractivity contribution in [2.24, 2.45) is 0 Å². The van der Waals surface area contributed by atoms with Gasteiger partial charge in [-0.1, -0.05) is 29.8 Å². The number of hydrogen-bond acceptors (Lipinski definition) is 4. The monoisotopic (exact) mass is 337 g/mol. The summed E-state index contributed by atoms with van der Waals surface area (Å²) < 4.78 is 44.4. The highest BCUT2D eigenvalue weighted by Gasteiger charge is 2.19. The maximum Gasteiger partial charge on any atom is 0.341 e. The van der Waals surface area contributed by atoms with Gasteiger partial charge in [0.25, 0.3) is 0 Å². The van der Waals surface area contributed by atoms with Crippen LogP contribution in [0.3, 0.4) is 0 Å². The Balaban J connectivity index is 2.20. The number of benzene rings is 2. The SMILES string of the molecule is CNS(=O)(=O)c1ccc(F)c(C(=O)OCc2cccc(C)c2)c1. The molecule has 0 heterocycles. The lowest BCUT2D eigenvalue weighted by atomic mass is 10.1. The fourth-order valence-corrected chi connectivity index (χ4v) is 2.73. The van der Waals surface area contributed by atoms with Crippen molar-refractivity contribution in [2.75, 3.05) is 7.05 Å². The van der Waals surface area contributed by atoms with Crippen molar-refractivity contribution in [3.63, 3.8) is 0 Å². The first-order chi connectivity index (χ1) is 10.8. The van der Waals surface area contributed by atoms with Gasteiger partial charge in [-0.15, -0.1) is 0 Å². The highest BCUT2D eigenvalue weighted by Crippen LogP contribution is 2.17. The molecule has 2 aromatic carbocycles. The van der Waals surface area contributed by atoms with Gasteiger partial charge < -0.3 is 4.74 Å². The molecule has 2 rings (SSSR count). The fourth-order valence-electron chi connectivity index (χ4n) is 1.97. The molecule has 0 aliphatic rings. The normalized spacial score (nSPS) is 11.3. The Kier molecular flexibility index (Phi) is 5.12. The third-order valence-electron chi connectivity index (χ3n) is 3.19. The van der Waals surface area contributed by atoms with E-state index in [-0.39, 0.29) is 11.5 Å². The second-order valence-corrected chi connectivity index (χ2v) is 6.80. The maximum atomic E-state index is 13.8. The molecule has 23 heavy (non-hydrogen) atoms. The molecule has 0 spiro atoms. The summed E-state index contributed by atoms with van der Waals surface area (Å²) in [7, 11) is -2.54. The summed E-state index contributed by atoms with van der Waals surface area (Å²) >= 11 is 0. The van der Waals surface area contributed by atoms with Gasteiger partial charge in [-0.05, 0) is 37.7 Å². The molecule has 122 valence electrons. The molecule has 0 amide bonds. The Bertz CT molecular complexity index is 834. The van der Waals surface area contributed by atoms with Gasteiger partial charge in [-0.2, -0.15) is 0 Å². The quantitative estimate of drug-likeness (QED) is 0.851. The van der Waals surface area contributed by atoms with E-state index in [2.05, 4.69) is 4.72 Å². The number of nitrogens with one attached hydrogen (secondary N) is 1. The van der Waals surface area contributed by atoms with Crippen LogP contribution < -0.4 is 4.72 Å². The minimum absolute atomic E-state index is 0.0248. The molecule has 0 aliphatic heterocycles. The summed E-state index contributed by atoms with van der Waals surface area (Å²) in [6, 6.07) is 10.3. The van der Waals surface area contributed by atoms with Gasteiger partial charge in [-0.25, -0.2) is 22.3 Å². The number of carbonyl (C=O) groups excluding carboxylic acids is 1. The van der Waals surface area contributed by atoms with Crippen LogP contribution >= 0.6 is 0 Å². The number of sulfonamides is 1. The number of hydrogen-bond donors (Lipinski definition) is 1. The van der Waals surface area contributed by atoms with Crippen molar-refractivity contribution in [2.45, 2.75) is 18.4 Å². The van der Waals surface area contributed by atoms with E-state index in [1.54, 1.807) is 6.07 Å². The largest absolute Gasteiger partial charge is 0.457 e. The number of aryl methyl sites for hydroxylation is 1. The highest BCUT2D eigenvalue weighted by atomic mass is 32.2. The van der Waals surface area contributed by atoms with Crippen LogP contribution in [0, 0.1) is 12.7 Å². The lowest BCUT2D eigenvalue weighted by Crippen LogP contribution is -2.19. The van der Waals surface area contributed by atoms with E-state index in [0.29, 0.717) is 0 Å². The molecule has 0 aromatic heterocycles. The van der Waals surface area contributed by atoms with Crippen LogP contribution in [0.5, 0.6) is 0 Å². The minimum atomic E-state index is -3.77. The molecule has 0 aliphatic carbocycles. The van der Waals surface area contributed by atoms with Crippen molar-refractivity contribution in [3.05, 3.63) is 65.0 Å². The van der Waals surface area contributed by atoms with Gasteiger partial charge in [0, 0.05) is 0 Å². The first-order valence-corrected chi connectivity index (χ1v) is 8.27. The predicted octanol–water partition coefficient (Wildman–Crippen LogP) is 2.40. The average Bonchev–Trinajstić information content (AvgIpc) is 2.53. The van der Waals surface area contributed by atoms with Crippen LogP contribution in [0.1, 0.15) is 21.5 Å². The van der Waals surface area contributed by atoms with Crippen LogP contribution in [-0.4, -0.2) is 21.4 Å². The van der Waals surface area contributed by atoms with E-state index < -0.39 is 27.4 Å². The van der Waals surface area contributed by atoms with E-state index in [1.807, 2.05) is 25.1 Å². The molecule has 0 saturated carbocycles. The van der Waals surface area contributed by atoms with Crippen LogP contribution in [-0.2, 0) is 21.4 Å². The molecule has 0 fully saturated rings. The standard InChI is InChI=1S/C16H16FNO4S/c1-11-4-3-5-12(8-11)10-22-16(19)14-9-13(6-7-15(14)17)23(20,21)18-2/h3-9,18H,10H2,1-2H3. The fraction of sp³-hybridized carbons (Fsp3) is 0.188. The number of ether oxygens (including phenoxy) is 1. The second kappa shape index (κ2) is 6.89. The Morgan fingerprint density at radius 2 is 1.96 bits per heavy atom. The third kappa shape index (κ3) is 4.14. The first-order valence-electron chi connectivity index (χ1n) is 6.79. The van der Waals surface area contributed by atoms with Crippen molar-refractivity contribution in [1.82, 2.24) is 4.72 Å². The predicted molar refractivity (Wildman–Crippen MR) is 82.9 cm³/mol. The molecule has 0 radical (unpaired) electrons. The summed E-state index contributed by atoms with van der Waals surface area (Å²) in [5, 5.41) is 0. The smallest absolute Gasteiger partial charge is 0.341 e. The Labute approximate surface area is 134 Å². The Hall–Kier alpha value is -2.25. The third-order valence-corrected chi connectivity index (χ3v) is 4.60. The molecular weight excluding hydrogens is 321 g/mol. The number of rotatable bonds is 5. The molecule has 0 bridgehead atoms. The zero-order valence-corrected chi connectivity index (χ0v) is 13.5. The van der Waals surface area contributed by atoms with Crippen molar-refractivity contribution >= 4 is 16.0 Å². The van der Waals surface area contributed by atoms with Gasteiger partial charge in [-0.3, -0.25) is 0 Å². The Morgan fingerprint density at radius 3 is 2.61 bits per heavy atom. The minimum Gasteiger partial charge on any atom is -0.457 e. The zero-order chi connectivity index (χ0) is 17.0. The zero-order valence-electron chi connectivity index (χ0n) is 12.7. The van der Waals surface area contributed by atoms with E-state index in [4.69, 9.17) is 4.74 Å². The number of carbonyl (C=O) groups is 1. The molecular formula is C16H16FNO4S. The van der Waals surface area contributed by atoms with Crippen LogP contribution in [0.2, 0.25) is 0 Å². The molecule has 0 atom stereocenters. The number of halogens is 1. The Morgan fingerprint density at radius 1 is 1.22 bits per heavy atom. The first kappa shape index (κ1) is 17.1. The maximum absolute atomic E-state index is 13.8. The average molecular weight is 337 g/mol. The lowest BCUT2D eigenvalue weighted by Gasteiger charge is -2.08. The summed E-state index contributed by atoms with van der Waals surface area (Å²) in [4.78, 5) is 11.8. The van der Waals surface area contributed by atoms with E-state index in [9.17, 15) is 17.6 Å². The summed E-state index contributed by atoms with van der Waals surface area (Å²) in [6.45, 7) is 1.88. The summed E-state index contributed by atoms with van der Waals surface area (Å²) in [5.74, 6) is -1.76. The van der Waals surface area contributed by atoms with Crippen molar-refractivity contribution < 1.29 is 22.3 Å². The highest BCUT2D eigenvalue weighted by molar-refractivity contribution is 7.89. The van der Waals surface area contributed by atoms with E-state index in [0.717, 1.165) is 29.3 Å². The molecule has 5 nitrogen and oxygen atoms in total. The van der Waals surface area contributed by atoms with Crippen LogP contribution in [0.15, 0.2) is 47.4 Å².